The minimum atomic E-state index is -0.310. The van der Waals surface area contributed by atoms with Crippen molar-refractivity contribution in [3.8, 4) is 0 Å². The van der Waals surface area contributed by atoms with Crippen LogP contribution < -0.4 is 0 Å². The van der Waals surface area contributed by atoms with Crippen molar-refractivity contribution in [2.45, 2.75) is 39.5 Å². The summed E-state index contributed by atoms with van der Waals surface area (Å²) in [6, 6.07) is 14.2. The van der Waals surface area contributed by atoms with Crippen molar-refractivity contribution < 1.29 is 9.53 Å². The first-order chi connectivity index (χ1) is 12.3. The molecule has 1 aliphatic carbocycles. The molecule has 3 rings (SSSR count). The zero-order valence-corrected chi connectivity index (χ0v) is 16.2. The lowest BCUT2D eigenvalue weighted by Gasteiger charge is -2.34. The van der Waals surface area contributed by atoms with E-state index in [1.165, 1.54) is 34.9 Å². The van der Waals surface area contributed by atoms with Crippen LogP contribution in [0.3, 0.4) is 0 Å². The van der Waals surface area contributed by atoms with Gasteiger partial charge in [-0.2, -0.15) is 0 Å². The van der Waals surface area contributed by atoms with Crippen LogP contribution in [-0.2, 0) is 10.2 Å². The molecule has 0 unspecified atom stereocenters. The summed E-state index contributed by atoms with van der Waals surface area (Å²) in [5.41, 5.74) is 8.66. The van der Waals surface area contributed by atoms with Gasteiger partial charge in [-0.15, -0.1) is 0 Å². The number of hydrogen-bond acceptors (Lipinski definition) is 2. The van der Waals surface area contributed by atoms with Gasteiger partial charge in [-0.3, -0.25) is 0 Å². The van der Waals surface area contributed by atoms with Gasteiger partial charge in [-0.1, -0.05) is 55.8 Å². The second-order valence-corrected chi connectivity index (χ2v) is 7.72. The average Bonchev–Trinajstić information content (AvgIpc) is 2.64. The third kappa shape index (κ3) is 3.50. The van der Waals surface area contributed by atoms with Gasteiger partial charge in [0.05, 0.1) is 12.7 Å². The Morgan fingerprint density at radius 2 is 1.62 bits per heavy atom. The van der Waals surface area contributed by atoms with Crippen molar-refractivity contribution in [3.05, 3.63) is 75.9 Å². The minimum Gasteiger partial charge on any atom is -0.465 e. The minimum absolute atomic E-state index is 0.185. The average molecular weight is 346 g/mol. The summed E-state index contributed by atoms with van der Waals surface area (Å²) in [5.74, 6) is -0.310. The van der Waals surface area contributed by atoms with Gasteiger partial charge in [-0.25, -0.2) is 4.79 Å². The number of rotatable bonds is 3. The van der Waals surface area contributed by atoms with Gasteiger partial charge in [0, 0.05) is 0 Å². The van der Waals surface area contributed by atoms with Gasteiger partial charge < -0.3 is 4.74 Å². The highest BCUT2D eigenvalue weighted by Gasteiger charge is 2.29. The fourth-order valence-electron chi connectivity index (χ4n) is 3.73. The maximum absolute atomic E-state index is 11.5. The molecule has 0 saturated heterocycles. The van der Waals surface area contributed by atoms with Crippen LogP contribution in [0.5, 0.6) is 0 Å². The molecule has 0 heterocycles. The predicted molar refractivity (Wildman–Crippen MR) is 109 cm³/mol. The van der Waals surface area contributed by atoms with E-state index in [0.717, 1.165) is 12.0 Å². The molecule has 0 fully saturated rings. The predicted octanol–water partition coefficient (Wildman–Crippen LogP) is 6.12. The van der Waals surface area contributed by atoms with Crippen LogP contribution in [0, 0.1) is 0 Å². The van der Waals surface area contributed by atoms with E-state index in [1.54, 1.807) is 12.1 Å². The van der Waals surface area contributed by atoms with Crippen LogP contribution in [0.15, 0.2) is 48.0 Å². The molecule has 0 N–H and O–H groups in total. The van der Waals surface area contributed by atoms with Crippen molar-refractivity contribution in [1.29, 1.82) is 0 Å². The third-order valence-corrected chi connectivity index (χ3v) is 5.32. The Kier molecular flexibility index (Phi) is 4.86. The second kappa shape index (κ2) is 6.95. The van der Waals surface area contributed by atoms with E-state index < -0.39 is 0 Å². The zero-order valence-electron chi connectivity index (χ0n) is 16.2. The molecule has 0 saturated carbocycles. The maximum Gasteiger partial charge on any atom is 0.337 e. The van der Waals surface area contributed by atoms with Crippen molar-refractivity contribution in [2.75, 3.05) is 7.11 Å². The standard InChI is InChI=1S/C24H26O2/c1-16-15-24(3,4)22-13-10-19(14-21(22)17(16)2)7-6-18-8-11-20(12-9-18)23(25)26-5/h6-14H,15H2,1-5H3. The Labute approximate surface area is 156 Å². The van der Waals surface area contributed by atoms with Crippen LogP contribution in [0.1, 0.15) is 66.7 Å². The summed E-state index contributed by atoms with van der Waals surface area (Å²) < 4.78 is 4.73. The molecular formula is C24H26O2. The number of methoxy groups -OCH3 is 1. The molecule has 0 aromatic heterocycles. The van der Waals surface area contributed by atoms with Crippen LogP contribution in [0.2, 0.25) is 0 Å². The van der Waals surface area contributed by atoms with Crippen LogP contribution in [0.4, 0.5) is 0 Å². The van der Waals surface area contributed by atoms with E-state index in [0.29, 0.717) is 5.56 Å². The molecule has 0 spiro atoms. The Hall–Kier alpha value is -2.61. The summed E-state index contributed by atoms with van der Waals surface area (Å²) in [6.07, 6.45) is 5.31. The smallest absolute Gasteiger partial charge is 0.337 e. The van der Waals surface area contributed by atoms with E-state index in [-0.39, 0.29) is 11.4 Å². The largest absolute Gasteiger partial charge is 0.465 e. The Balaban J connectivity index is 1.88. The van der Waals surface area contributed by atoms with Gasteiger partial charge in [0.15, 0.2) is 0 Å². The number of benzene rings is 2. The maximum atomic E-state index is 11.5. The SMILES string of the molecule is COC(=O)c1ccc(C=Cc2ccc3c(c2)C(C)=C(C)CC3(C)C)cc1. The van der Waals surface area contributed by atoms with Crippen molar-refractivity contribution in [1.82, 2.24) is 0 Å². The highest BCUT2D eigenvalue weighted by Crippen LogP contribution is 2.42. The van der Waals surface area contributed by atoms with Crippen LogP contribution >= 0.6 is 0 Å². The topological polar surface area (TPSA) is 26.3 Å². The van der Waals surface area contributed by atoms with Gasteiger partial charge in [0.1, 0.15) is 0 Å². The van der Waals surface area contributed by atoms with Crippen LogP contribution in [-0.4, -0.2) is 13.1 Å². The number of carbonyl (C=O) groups is 1. The monoisotopic (exact) mass is 346 g/mol. The van der Waals surface area contributed by atoms with Gasteiger partial charge >= 0.3 is 5.97 Å². The van der Waals surface area contributed by atoms with Crippen LogP contribution in [0.25, 0.3) is 17.7 Å². The molecule has 0 atom stereocenters. The summed E-state index contributed by atoms with van der Waals surface area (Å²) in [5, 5.41) is 0. The van der Waals surface area contributed by atoms with Crippen molar-refractivity contribution >= 4 is 23.7 Å². The molecule has 0 amide bonds. The molecule has 0 radical (unpaired) electrons. The zero-order chi connectivity index (χ0) is 18.9. The molecule has 2 heteroatoms. The fraction of sp³-hybridized carbons (Fsp3) is 0.292. The van der Waals surface area contributed by atoms with Gasteiger partial charge in [0.25, 0.3) is 0 Å². The molecule has 0 aliphatic heterocycles. The fourth-order valence-corrected chi connectivity index (χ4v) is 3.73. The van der Waals surface area contributed by atoms with Gasteiger partial charge in [-0.05, 0) is 71.7 Å². The first kappa shape index (κ1) is 18.2. The van der Waals surface area contributed by atoms with E-state index in [1.807, 2.05) is 12.1 Å². The van der Waals surface area contributed by atoms with E-state index >= 15 is 0 Å². The van der Waals surface area contributed by atoms with E-state index in [2.05, 4.69) is 58.0 Å². The van der Waals surface area contributed by atoms with E-state index in [4.69, 9.17) is 4.74 Å². The number of ether oxygens (including phenoxy) is 1. The Morgan fingerprint density at radius 3 is 2.27 bits per heavy atom. The quantitative estimate of drug-likeness (QED) is 0.494. The molecule has 26 heavy (non-hydrogen) atoms. The van der Waals surface area contributed by atoms with Crippen molar-refractivity contribution in [2.24, 2.45) is 0 Å². The number of fused-ring (bicyclic) bond motifs is 1. The Morgan fingerprint density at radius 1 is 1.00 bits per heavy atom. The molecule has 2 aromatic carbocycles. The van der Waals surface area contributed by atoms with E-state index in [9.17, 15) is 4.79 Å². The molecular weight excluding hydrogens is 320 g/mol. The lowest BCUT2D eigenvalue weighted by atomic mass is 9.70. The highest BCUT2D eigenvalue weighted by atomic mass is 16.5. The number of carbonyl (C=O) groups excluding carboxylic acids is 1. The summed E-state index contributed by atoms with van der Waals surface area (Å²) in [7, 11) is 1.39. The number of esters is 1. The molecule has 2 nitrogen and oxygen atoms in total. The number of allylic oxidation sites excluding steroid dienone is 2. The third-order valence-electron chi connectivity index (χ3n) is 5.32. The summed E-state index contributed by atoms with van der Waals surface area (Å²) in [4.78, 5) is 11.5. The van der Waals surface area contributed by atoms with Crippen molar-refractivity contribution in [3.63, 3.8) is 0 Å². The molecule has 2 aromatic rings. The lowest BCUT2D eigenvalue weighted by molar-refractivity contribution is 0.0600. The summed E-state index contributed by atoms with van der Waals surface area (Å²) >= 11 is 0. The highest BCUT2D eigenvalue weighted by molar-refractivity contribution is 5.89. The first-order valence-corrected chi connectivity index (χ1v) is 8.99. The first-order valence-electron chi connectivity index (χ1n) is 8.99. The normalized spacial score (nSPS) is 15.9. The molecule has 1 aliphatic rings. The number of hydrogen-bond donors (Lipinski definition) is 0. The Bertz CT molecular complexity index is 896. The molecule has 134 valence electrons. The second-order valence-electron chi connectivity index (χ2n) is 7.72. The lowest BCUT2D eigenvalue weighted by Crippen LogP contribution is -2.23. The van der Waals surface area contributed by atoms with Gasteiger partial charge in [0.2, 0.25) is 0 Å². The molecule has 0 bridgehead atoms. The summed E-state index contributed by atoms with van der Waals surface area (Å²) in [6.45, 7) is 9.11.